The first-order chi connectivity index (χ1) is 11.4. The Labute approximate surface area is 141 Å². The number of hydrogen-bond donors (Lipinski definition) is 0. The Morgan fingerprint density at radius 3 is 2.33 bits per heavy atom. The van der Waals surface area contributed by atoms with Crippen LogP contribution in [0.3, 0.4) is 0 Å². The minimum absolute atomic E-state index is 0.168. The number of alkyl halides is 2. The third kappa shape index (κ3) is 4.64. The van der Waals surface area contributed by atoms with E-state index < -0.39 is 16.4 Å². The summed E-state index contributed by atoms with van der Waals surface area (Å²) in [5, 5.41) is 0. The van der Waals surface area contributed by atoms with Gasteiger partial charge >= 0.3 is 6.61 Å². The van der Waals surface area contributed by atoms with Gasteiger partial charge in [-0.3, -0.25) is 9.80 Å². The molecular formula is C16H22F2N2O3S. The number of rotatable bonds is 5. The summed E-state index contributed by atoms with van der Waals surface area (Å²) in [5.41, 5.74) is 1.05. The van der Waals surface area contributed by atoms with Gasteiger partial charge in [-0.15, -0.1) is 0 Å². The van der Waals surface area contributed by atoms with Crippen LogP contribution in [0, 0.1) is 0 Å². The van der Waals surface area contributed by atoms with Crippen LogP contribution in [-0.2, 0) is 16.4 Å². The van der Waals surface area contributed by atoms with Crippen molar-refractivity contribution in [3.05, 3.63) is 29.8 Å². The molecular weight excluding hydrogens is 338 g/mol. The van der Waals surface area contributed by atoms with E-state index in [0.29, 0.717) is 11.5 Å². The summed E-state index contributed by atoms with van der Waals surface area (Å²) in [7, 11) is -2.84. The van der Waals surface area contributed by atoms with E-state index in [0.717, 1.165) is 44.7 Å². The van der Waals surface area contributed by atoms with E-state index in [1.165, 1.54) is 0 Å². The molecule has 0 aromatic heterocycles. The average molecular weight is 360 g/mol. The number of halogens is 2. The minimum Gasteiger partial charge on any atom is -0.435 e. The van der Waals surface area contributed by atoms with Crippen LogP contribution in [0.2, 0.25) is 0 Å². The van der Waals surface area contributed by atoms with Crippen molar-refractivity contribution in [3.63, 3.8) is 0 Å². The summed E-state index contributed by atoms with van der Waals surface area (Å²) in [6.07, 6.45) is 0.744. The second-order valence-electron chi connectivity index (χ2n) is 6.39. The van der Waals surface area contributed by atoms with Gasteiger partial charge in [0.05, 0.1) is 11.5 Å². The molecule has 1 aromatic rings. The molecule has 2 saturated heterocycles. The number of hydrogen-bond acceptors (Lipinski definition) is 5. The van der Waals surface area contributed by atoms with Crippen LogP contribution < -0.4 is 4.74 Å². The fourth-order valence-electron chi connectivity index (χ4n) is 3.38. The fourth-order valence-corrected chi connectivity index (χ4v) is 5.15. The van der Waals surface area contributed by atoms with E-state index in [1.54, 1.807) is 24.3 Å². The maximum Gasteiger partial charge on any atom is 0.387 e. The summed E-state index contributed by atoms with van der Waals surface area (Å²) in [4.78, 5) is 4.57. The van der Waals surface area contributed by atoms with Gasteiger partial charge in [0.1, 0.15) is 5.75 Å². The van der Waals surface area contributed by atoms with Crippen LogP contribution in [0.5, 0.6) is 5.75 Å². The second kappa shape index (κ2) is 7.33. The van der Waals surface area contributed by atoms with Crippen molar-refractivity contribution in [1.82, 2.24) is 9.80 Å². The molecule has 0 amide bonds. The third-order valence-corrected chi connectivity index (χ3v) is 6.44. The Morgan fingerprint density at radius 1 is 1.12 bits per heavy atom. The smallest absolute Gasteiger partial charge is 0.387 e. The third-order valence-electron chi connectivity index (χ3n) is 4.69. The molecule has 24 heavy (non-hydrogen) atoms. The molecule has 2 heterocycles. The molecule has 0 N–H and O–H groups in total. The number of nitrogens with zero attached hydrogens (tertiary/aromatic N) is 2. The van der Waals surface area contributed by atoms with E-state index in [-0.39, 0.29) is 11.8 Å². The molecule has 0 spiro atoms. The lowest BCUT2D eigenvalue weighted by molar-refractivity contribution is -0.0498. The van der Waals surface area contributed by atoms with Gasteiger partial charge in [0.25, 0.3) is 0 Å². The Bertz CT molecular complexity index is 644. The number of sulfone groups is 1. The first kappa shape index (κ1) is 17.6. The van der Waals surface area contributed by atoms with Gasteiger partial charge in [0.15, 0.2) is 9.84 Å². The predicted octanol–water partition coefficient (Wildman–Crippen LogP) is 1.59. The van der Waals surface area contributed by atoms with Crippen molar-refractivity contribution in [2.45, 2.75) is 25.6 Å². The molecule has 2 aliphatic heterocycles. The predicted molar refractivity (Wildman–Crippen MR) is 87.0 cm³/mol. The topological polar surface area (TPSA) is 49.9 Å². The van der Waals surface area contributed by atoms with Crippen LogP contribution in [-0.4, -0.2) is 68.6 Å². The van der Waals surface area contributed by atoms with Crippen molar-refractivity contribution >= 4 is 9.84 Å². The van der Waals surface area contributed by atoms with Gasteiger partial charge < -0.3 is 4.74 Å². The van der Waals surface area contributed by atoms with Crippen molar-refractivity contribution in [2.24, 2.45) is 0 Å². The van der Waals surface area contributed by atoms with E-state index in [2.05, 4.69) is 14.5 Å². The maximum absolute atomic E-state index is 12.1. The standard InChI is InChI=1S/C16H22F2N2O3S/c17-16(18)23-15-3-1-13(2-4-15)11-19-6-8-20(9-7-19)14-5-10-24(21,22)12-14/h1-4,14,16H,5-12H2/t14-/m1/s1. The highest BCUT2D eigenvalue weighted by Gasteiger charge is 2.33. The van der Waals surface area contributed by atoms with Gasteiger partial charge in [-0.2, -0.15) is 8.78 Å². The van der Waals surface area contributed by atoms with Gasteiger partial charge in [0, 0.05) is 38.8 Å². The van der Waals surface area contributed by atoms with Crippen LogP contribution in [0.4, 0.5) is 8.78 Å². The highest BCUT2D eigenvalue weighted by Crippen LogP contribution is 2.20. The molecule has 0 unspecified atom stereocenters. The highest BCUT2D eigenvalue weighted by atomic mass is 32.2. The Kier molecular flexibility index (Phi) is 5.36. The molecule has 8 heteroatoms. The SMILES string of the molecule is O=S1(=O)CC[C@@H](N2CCN(Cc3ccc(OC(F)F)cc3)CC2)C1. The zero-order valence-corrected chi connectivity index (χ0v) is 14.2. The number of piperazine rings is 1. The summed E-state index contributed by atoms with van der Waals surface area (Å²) in [5.74, 6) is 0.768. The zero-order valence-electron chi connectivity index (χ0n) is 13.4. The van der Waals surface area contributed by atoms with Crippen molar-refractivity contribution in [2.75, 3.05) is 37.7 Å². The first-order valence-electron chi connectivity index (χ1n) is 8.12. The first-order valence-corrected chi connectivity index (χ1v) is 9.94. The van der Waals surface area contributed by atoms with Crippen molar-refractivity contribution in [3.8, 4) is 5.75 Å². The lowest BCUT2D eigenvalue weighted by atomic mass is 10.1. The monoisotopic (exact) mass is 360 g/mol. The van der Waals surface area contributed by atoms with Crippen LogP contribution in [0.25, 0.3) is 0 Å². The quantitative estimate of drug-likeness (QED) is 0.798. The van der Waals surface area contributed by atoms with Gasteiger partial charge in [-0.1, -0.05) is 12.1 Å². The lowest BCUT2D eigenvalue weighted by Crippen LogP contribution is -2.50. The van der Waals surface area contributed by atoms with E-state index >= 15 is 0 Å². The molecule has 3 rings (SSSR count). The highest BCUT2D eigenvalue weighted by molar-refractivity contribution is 7.91. The maximum atomic E-state index is 12.1. The Balaban J connectivity index is 1.47. The molecule has 134 valence electrons. The lowest BCUT2D eigenvalue weighted by Gasteiger charge is -2.37. The molecule has 0 aliphatic carbocycles. The largest absolute Gasteiger partial charge is 0.435 e. The van der Waals surface area contributed by atoms with E-state index in [1.807, 2.05) is 0 Å². The molecule has 0 bridgehead atoms. The Morgan fingerprint density at radius 2 is 1.79 bits per heavy atom. The van der Waals surface area contributed by atoms with Gasteiger partial charge in [0.2, 0.25) is 0 Å². The van der Waals surface area contributed by atoms with E-state index in [9.17, 15) is 17.2 Å². The summed E-state index contributed by atoms with van der Waals surface area (Å²) in [6.45, 7) is 1.45. The van der Waals surface area contributed by atoms with Crippen LogP contribution >= 0.6 is 0 Å². The van der Waals surface area contributed by atoms with Crippen molar-refractivity contribution in [1.29, 1.82) is 0 Å². The molecule has 5 nitrogen and oxygen atoms in total. The summed E-state index contributed by atoms with van der Waals surface area (Å²) in [6, 6.07) is 6.88. The van der Waals surface area contributed by atoms with Gasteiger partial charge in [-0.25, -0.2) is 8.42 Å². The summed E-state index contributed by atoms with van der Waals surface area (Å²) >= 11 is 0. The number of benzene rings is 1. The van der Waals surface area contributed by atoms with Crippen molar-refractivity contribution < 1.29 is 21.9 Å². The summed E-state index contributed by atoms with van der Waals surface area (Å²) < 4.78 is 51.8. The molecule has 2 aliphatic rings. The minimum atomic E-state index is -2.84. The zero-order chi connectivity index (χ0) is 17.2. The number of ether oxygens (including phenoxy) is 1. The normalized spacial score (nSPS) is 25.2. The second-order valence-corrected chi connectivity index (χ2v) is 8.62. The molecule has 0 saturated carbocycles. The van der Waals surface area contributed by atoms with Crippen LogP contribution in [0.15, 0.2) is 24.3 Å². The molecule has 1 aromatic carbocycles. The molecule has 2 fully saturated rings. The molecule has 0 radical (unpaired) electrons. The Hall–Kier alpha value is -1.25. The van der Waals surface area contributed by atoms with Crippen LogP contribution in [0.1, 0.15) is 12.0 Å². The average Bonchev–Trinajstić information content (AvgIpc) is 2.90. The molecule has 1 atom stereocenters. The van der Waals surface area contributed by atoms with E-state index in [4.69, 9.17) is 0 Å². The van der Waals surface area contributed by atoms with Gasteiger partial charge in [-0.05, 0) is 24.1 Å². The fraction of sp³-hybridized carbons (Fsp3) is 0.625.